The highest BCUT2D eigenvalue weighted by molar-refractivity contribution is 9.10. The maximum atomic E-state index is 11.3. The first-order valence-corrected chi connectivity index (χ1v) is 6.07. The van der Waals surface area contributed by atoms with E-state index in [0.717, 1.165) is 25.1 Å². The Bertz CT molecular complexity index is 421. The van der Waals surface area contributed by atoms with E-state index >= 15 is 0 Å². The normalized spacial score (nSPS) is 25.4. The summed E-state index contributed by atoms with van der Waals surface area (Å²) < 4.78 is 5.97. The Labute approximate surface area is 102 Å². The number of nitrogens with one attached hydrogen (secondary N) is 2. The predicted octanol–water partition coefficient (Wildman–Crippen LogP) is 1.51. The molecule has 5 nitrogen and oxygen atoms in total. The third-order valence-electron chi connectivity index (χ3n) is 2.64. The van der Waals surface area contributed by atoms with Crippen LogP contribution in [0.25, 0.3) is 0 Å². The lowest BCUT2D eigenvalue weighted by molar-refractivity contribution is 0.0232. The topological polar surface area (TPSA) is 67.0 Å². The Morgan fingerprint density at radius 3 is 3.25 bits per heavy atom. The molecule has 0 aliphatic carbocycles. The van der Waals surface area contributed by atoms with Gasteiger partial charge in [-0.25, -0.2) is 5.10 Å². The van der Waals surface area contributed by atoms with Gasteiger partial charge in [-0.15, -0.1) is 0 Å². The molecule has 0 radical (unpaired) electrons. The van der Waals surface area contributed by atoms with Crippen molar-refractivity contribution in [2.75, 3.05) is 11.9 Å². The van der Waals surface area contributed by atoms with Gasteiger partial charge in [-0.1, -0.05) is 0 Å². The van der Waals surface area contributed by atoms with E-state index in [-0.39, 0.29) is 11.7 Å². The number of aromatic nitrogens is 2. The van der Waals surface area contributed by atoms with Gasteiger partial charge < -0.3 is 10.1 Å². The summed E-state index contributed by atoms with van der Waals surface area (Å²) in [5.41, 5.74) is 0.521. The van der Waals surface area contributed by atoms with Gasteiger partial charge in [0.2, 0.25) is 0 Å². The molecule has 0 amide bonds. The maximum absolute atomic E-state index is 11.3. The molecule has 0 bridgehead atoms. The predicted molar refractivity (Wildman–Crippen MR) is 64.6 cm³/mol. The van der Waals surface area contributed by atoms with Crippen LogP contribution < -0.4 is 10.9 Å². The van der Waals surface area contributed by atoms with Crippen molar-refractivity contribution in [3.8, 4) is 0 Å². The number of halogens is 1. The van der Waals surface area contributed by atoms with Crippen LogP contribution in [0.3, 0.4) is 0 Å². The Morgan fingerprint density at radius 1 is 1.69 bits per heavy atom. The number of hydrogen-bond acceptors (Lipinski definition) is 4. The second kappa shape index (κ2) is 4.97. The number of aromatic amines is 1. The average Bonchev–Trinajstić information content (AvgIpc) is 2.25. The molecule has 0 aromatic carbocycles. The van der Waals surface area contributed by atoms with Gasteiger partial charge in [-0.3, -0.25) is 4.79 Å². The summed E-state index contributed by atoms with van der Waals surface area (Å²) in [4.78, 5) is 11.3. The zero-order valence-corrected chi connectivity index (χ0v) is 10.6. The van der Waals surface area contributed by atoms with Crippen molar-refractivity contribution in [2.24, 2.45) is 0 Å². The summed E-state index contributed by atoms with van der Waals surface area (Å²) in [6, 6.07) is 0.337. The lowest BCUT2D eigenvalue weighted by atomic mass is 10.0. The van der Waals surface area contributed by atoms with Gasteiger partial charge in [-0.05, 0) is 35.7 Å². The summed E-state index contributed by atoms with van der Waals surface area (Å²) >= 11 is 3.24. The van der Waals surface area contributed by atoms with Crippen LogP contribution in [-0.2, 0) is 4.74 Å². The van der Waals surface area contributed by atoms with Gasteiger partial charge in [0.05, 0.1) is 18.0 Å². The lowest BCUT2D eigenvalue weighted by Gasteiger charge is -2.28. The van der Waals surface area contributed by atoms with Gasteiger partial charge in [0, 0.05) is 12.6 Å². The molecule has 1 aromatic rings. The van der Waals surface area contributed by atoms with Crippen LogP contribution in [0, 0.1) is 0 Å². The lowest BCUT2D eigenvalue weighted by Crippen LogP contribution is -2.33. The third-order valence-corrected chi connectivity index (χ3v) is 3.43. The molecule has 1 aliphatic heterocycles. The third kappa shape index (κ3) is 2.62. The van der Waals surface area contributed by atoms with Gasteiger partial charge in [-0.2, -0.15) is 5.10 Å². The molecule has 2 heterocycles. The van der Waals surface area contributed by atoms with Crippen LogP contribution in [0.15, 0.2) is 15.5 Å². The SMILES string of the molecule is CC1CC(Nc2cn[nH]c(=O)c2Br)CCO1. The second-order valence-corrected chi connectivity index (χ2v) is 4.77. The quantitative estimate of drug-likeness (QED) is 0.865. The van der Waals surface area contributed by atoms with Crippen molar-refractivity contribution < 1.29 is 4.74 Å². The molecule has 0 saturated carbocycles. The molecule has 2 rings (SSSR count). The minimum absolute atomic E-state index is 0.217. The molecular weight excluding hydrogens is 274 g/mol. The zero-order valence-electron chi connectivity index (χ0n) is 9.00. The van der Waals surface area contributed by atoms with E-state index in [0.29, 0.717) is 10.5 Å². The number of ether oxygens (including phenoxy) is 1. The van der Waals surface area contributed by atoms with Crippen LogP contribution in [0.4, 0.5) is 5.69 Å². The highest BCUT2D eigenvalue weighted by atomic mass is 79.9. The average molecular weight is 288 g/mol. The Morgan fingerprint density at radius 2 is 2.50 bits per heavy atom. The van der Waals surface area contributed by atoms with E-state index in [4.69, 9.17) is 4.74 Å². The highest BCUT2D eigenvalue weighted by Gasteiger charge is 2.20. The fourth-order valence-corrected chi connectivity index (χ4v) is 2.14. The Kier molecular flexibility index (Phi) is 3.60. The molecule has 6 heteroatoms. The largest absolute Gasteiger partial charge is 0.380 e. The number of rotatable bonds is 2. The molecule has 16 heavy (non-hydrogen) atoms. The van der Waals surface area contributed by atoms with Crippen LogP contribution in [0.2, 0.25) is 0 Å². The minimum Gasteiger partial charge on any atom is -0.380 e. The summed E-state index contributed by atoms with van der Waals surface area (Å²) in [7, 11) is 0. The molecule has 2 atom stereocenters. The zero-order chi connectivity index (χ0) is 11.5. The van der Waals surface area contributed by atoms with Crippen molar-refractivity contribution in [1.82, 2.24) is 10.2 Å². The van der Waals surface area contributed by atoms with Gasteiger partial charge >= 0.3 is 0 Å². The number of H-pyrrole nitrogens is 1. The van der Waals surface area contributed by atoms with E-state index in [9.17, 15) is 4.79 Å². The van der Waals surface area contributed by atoms with E-state index in [1.54, 1.807) is 6.20 Å². The molecule has 2 unspecified atom stereocenters. The first kappa shape index (κ1) is 11.6. The maximum Gasteiger partial charge on any atom is 0.280 e. The van der Waals surface area contributed by atoms with Crippen LogP contribution >= 0.6 is 15.9 Å². The van der Waals surface area contributed by atoms with E-state index < -0.39 is 0 Å². The van der Waals surface area contributed by atoms with Gasteiger partial charge in [0.15, 0.2) is 0 Å². The van der Waals surface area contributed by atoms with Crippen LogP contribution in [-0.4, -0.2) is 29.0 Å². The number of anilines is 1. The first-order chi connectivity index (χ1) is 7.66. The van der Waals surface area contributed by atoms with Crippen molar-refractivity contribution in [2.45, 2.75) is 31.9 Å². The second-order valence-electron chi connectivity index (χ2n) is 3.97. The fraction of sp³-hybridized carbons (Fsp3) is 0.600. The molecule has 1 fully saturated rings. The molecule has 88 valence electrons. The van der Waals surface area contributed by atoms with Crippen LogP contribution in [0.1, 0.15) is 19.8 Å². The van der Waals surface area contributed by atoms with E-state index in [1.807, 2.05) is 0 Å². The molecular formula is C10H14BrN3O2. The summed E-state index contributed by atoms with van der Waals surface area (Å²) in [5, 5.41) is 9.45. The Balaban J connectivity index is 2.08. The van der Waals surface area contributed by atoms with E-state index in [1.165, 1.54) is 0 Å². The summed E-state index contributed by atoms with van der Waals surface area (Å²) in [6.45, 7) is 2.81. The van der Waals surface area contributed by atoms with E-state index in [2.05, 4.69) is 38.4 Å². The first-order valence-electron chi connectivity index (χ1n) is 5.28. The number of hydrogen-bond donors (Lipinski definition) is 2. The minimum atomic E-state index is -0.217. The number of nitrogens with zero attached hydrogens (tertiary/aromatic N) is 1. The molecule has 1 saturated heterocycles. The molecule has 1 aromatic heterocycles. The highest BCUT2D eigenvalue weighted by Crippen LogP contribution is 2.21. The molecule has 0 spiro atoms. The van der Waals surface area contributed by atoms with Crippen molar-refractivity contribution in [3.63, 3.8) is 0 Å². The fourth-order valence-electron chi connectivity index (χ4n) is 1.83. The summed E-state index contributed by atoms with van der Waals surface area (Å²) in [6.07, 6.45) is 3.77. The Hall–Kier alpha value is -0.880. The standard InChI is InChI=1S/C10H14BrN3O2/c1-6-4-7(2-3-16-6)13-8-5-12-14-10(15)9(8)11/h5-7H,2-4H2,1H3,(H2,13,14,15). The van der Waals surface area contributed by atoms with Crippen LogP contribution in [0.5, 0.6) is 0 Å². The van der Waals surface area contributed by atoms with Crippen molar-refractivity contribution in [1.29, 1.82) is 0 Å². The summed E-state index contributed by atoms with van der Waals surface area (Å²) in [5.74, 6) is 0. The smallest absolute Gasteiger partial charge is 0.280 e. The molecule has 1 aliphatic rings. The monoisotopic (exact) mass is 287 g/mol. The van der Waals surface area contributed by atoms with Gasteiger partial charge in [0.25, 0.3) is 5.56 Å². The molecule has 2 N–H and O–H groups in total. The van der Waals surface area contributed by atoms with Crippen molar-refractivity contribution >= 4 is 21.6 Å². The van der Waals surface area contributed by atoms with Gasteiger partial charge in [0.1, 0.15) is 4.47 Å². The van der Waals surface area contributed by atoms with Crippen molar-refractivity contribution in [3.05, 3.63) is 21.0 Å².